The van der Waals surface area contributed by atoms with E-state index in [4.69, 9.17) is 10.5 Å². The monoisotopic (exact) mass is 259 g/mol. The normalized spacial score (nSPS) is 10.0. The molecule has 6 heteroatoms. The van der Waals surface area contributed by atoms with E-state index in [9.17, 15) is 4.79 Å². The van der Waals surface area contributed by atoms with Crippen LogP contribution in [0.25, 0.3) is 0 Å². The molecule has 0 amide bonds. The minimum absolute atomic E-state index is 0.0541. The molecule has 0 aliphatic heterocycles. The van der Waals surface area contributed by atoms with Crippen molar-refractivity contribution in [3.8, 4) is 11.6 Å². The lowest BCUT2D eigenvalue weighted by Gasteiger charge is -2.09. The number of benzene rings is 1. The number of nitrogen functional groups attached to an aromatic ring is 1. The number of hydrogen-bond donors (Lipinski definition) is 1. The summed E-state index contributed by atoms with van der Waals surface area (Å²) in [5.74, 6) is 0.162. The van der Waals surface area contributed by atoms with Crippen LogP contribution in [0.15, 0.2) is 30.5 Å². The Morgan fingerprint density at radius 1 is 1.32 bits per heavy atom. The van der Waals surface area contributed by atoms with Gasteiger partial charge in [0.05, 0.1) is 7.11 Å². The second-order valence-electron chi connectivity index (χ2n) is 3.78. The fraction of sp³-hybridized carbons (Fsp3) is 0.154. The molecule has 19 heavy (non-hydrogen) atoms. The number of anilines is 1. The molecule has 0 fully saturated rings. The quantitative estimate of drug-likeness (QED) is 0.669. The topological polar surface area (TPSA) is 87.3 Å². The van der Waals surface area contributed by atoms with Gasteiger partial charge in [0.25, 0.3) is 0 Å². The number of nitrogens with two attached hydrogens (primary N) is 1. The Labute approximate surface area is 110 Å². The Balaban J connectivity index is 2.28. The number of nitrogens with zero attached hydrogens (tertiary/aromatic N) is 2. The molecule has 0 unspecified atom stereocenters. The van der Waals surface area contributed by atoms with Crippen LogP contribution in [0.4, 0.5) is 5.69 Å². The van der Waals surface area contributed by atoms with Gasteiger partial charge in [-0.1, -0.05) is 6.07 Å². The van der Waals surface area contributed by atoms with Crippen molar-refractivity contribution < 1.29 is 14.3 Å². The summed E-state index contributed by atoms with van der Waals surface area (Å²) in [6, 6.07) is 6.88. The molecular formula is C13H13N3O3. The largest absolute Gasteiger partial charge is 0.463 e. The number of aromatic nitrogens is 2. The first-order valence-corrected chi connectivity index (χ1v) is 5.56. The Morgan fingerprint density at radius 2 is 2.11 bits per heavy atom. The average molecular weight is 259 g/mol. The van der Waals surface area contributed by atoms with Crippen LogP contribution >= 0.6 is 0 Å². The summed E-state index contributed by atoms with van der Waals surface area (Å²) in [6.07, 6.45) is 1.43. The zero-order valence-electron chi connectivity index (χ0n) is 10.6. The van der Waals surface area contributed by atoms with E-state index in [-0.39, 0.29) is 11.7 Å². The summed E-state index contributed by atoms with van der Waals surface area (Å²) in [7, 11) is 1.27. The van der Waals surface area contributed by atoms with E-state index in [0.717, 1.165) is 5.56 Å². The maximum atomic E-state index is 11.3. The zero-order valence-corrected chi connectivity index (χ0v) is 10.6. The van der Waals surface area contributed by atoms with Crippen molar-refractivity contribution in [2.45, 2.75) is 6.92 Å². The summed E-state index contributed by atoms with van der Waals surface area (Å²) >= 11 is 0. The molecule has 1 aromatic heterocycles. The molecule has 98 valence electrons. The minimum Gasteiger partial charge on any atom is -0.463 e. The Hall–Kier alpha value is -2.63. The standard InChI is InChI=1S/C13H13N3O3/c1-8-9(14)4-3-5-10(8)19-11-6-7-15-12(16-11)13(17)18-2/h3-7H,14H2,1-2H3. The van der Waals surface area contributed by atoms with E-state index in [1.54, 1.807) is 24.3 Å². The van der Waals surface area contributed by atoms with Crippen molar-refractivity contribution >= 4 is 11.7 Å². The first kappa shape index (κ1) is 12.8. The maximum absolute atomic E-state index is 11.3. The lowest BCUT2D eigenvalue weighted by molar-refractivity contribution is 0.0585. The van der Waals surface area contributed by atoms with Crippen LogP contribution in [0.2, 0.25) is 0 Å². The molecule has 2 N–H and O–H groups in total. The Kier molecular flexibility index (Phi) is 3.61. The number of rotatable bonds is 3. The molecule has 1 heterocycles. The Bertz CT molecular complexity index is 614. The van der Waals surface area contributed by atoms with Gasteiger partial charge in [0, 0.05) is 23.5 Å². The summed E-state index contributed by atoms with van der Waals surface area (Å²) in [5, 5.41) is 0. The maximum Gasteiger partial charge on any atom is 0.376 e. The third kappa shape index (κ3) is 2.79. The van der Waals surface area contributed by atoms with Crippen molar-refractivity contribution in [3.05, 3.63) is 41.9 Å². The predicted molar refractivity (Wildman–Crippen MR) is 69.0 cm³/mol. The predicted octanol–water partition coefficient (Wildman–Crippen LogP) is 1.95. The molecule has 0 bridgehead atoms. The van der Waals surface area contributed by atoms with Gasteiger partial charge < -0.3 is 15.2 Å². The van der Waals surface area contributed by atoms with Crippen LogP contribution in [0.5, 0.6) is 11.6 Å². The lowest BCUT2D eigenvalue weighted by Crippen LogP contribution is -2.07. The molecule has 0 atom stereocenters. The molecule has 6 nitrogen and oxygen atoms in total. The zero-order chi connectivity index (χ0) is 13.8. The number of carbonyl (C=O) groups excluding carboxylic acids is 1. The van der Waals surface area contributed by atoms with E-state index in [0.29, 0.717) is 11.4 Å². The number of ether oxygens (including phenoxy) is 2. The van der Waals surface area contributed by atoms with Gasteiger partial charge in [0.2, 0.25) is 11.7 Å². The molecule has 2 aromatic rings. The van der Waals surface area contributed by atoms with Crippen LogP contribution in [0, 0.1) is 6.92 Å². The number of hydrogen-bond acceptors (Lipinski definition) is 6. The van der Waals surface area contributed by atoms with Gasteiger partial charge in [-0.05, 0) is 19.1 Å². The number of esters is 1. The van der Waals surface area contributed by atoms with Crippen molar-refractivity contribution in [2.24, 2.45) is 0 Å². The highest BCUT2D eigenvalue weighted by Crippen LogP contribution is 2.26. The lowest BCUT2D eigenvalue weighted by atomic mass is 10.2. The first-order valence-electron chi connectivity index (χ1n) is 5.56. The third-order valence-corrected chi connectivity index (χ3v) is 2.54. The Morgan fingerprint density at radius 3 is 2.84 bits per heavy atom. The average Bonchev–Trinajstić information content (AvgIpc) is 2.43. The SMILES string of the molecule is COC(=O)c1nccc(Oc2cccc(N)c2C)n1. The summed E-state index contributed by atoms with van der Waals surface area (Å²) < 4.78 is 10.1. The van der Waals surface area contributed by atoms with Gasteiger partial charge in [-0.25, -0.2) is 9.78 Å². The minimum atomic E-state index is -0.616. The smallest absolute Gasteiger partial charge is 0.376 e. The molecule has 0 saturated carbocycles. The van der Waals surface area contributed by atoms with Gasteiger partial charge in [0.15, 0.2) is 0 Å². The van der Waals surface area contributed by atoms with Crippen molar-refractivity contribution in [2.75, 3.05) is 12.8 Å². The van der Waals surface area contributed by atoms with Gasteiger partial charge in [-0.2, -0.15) is 4.98 Å². The fourth-order valence-electron chi connectivity index (χ4n) is 1.44. The summed E-state index contributed by atoms with van der Waals surface area (Å²) in [6.45, 7) is 1.84. The van der Waals surface area contributed by atoms with Crippen LogP contribution in [0.3, 0.4) is 0 Å². The molecule has 0 aliphatic carbocycles. The highest BCUT2D eigenvalue weighted by molar-refractivity contribution is 5.85. The second-order valence-corrected chi connectivity index (χ2v) is 3.78. The van der Waals surface area contributed by atoms with E-state index in [1.807, 2.05) is 6.92 Å². The third-order valence-electron chi connectivity index (χ3n) is 2.54. The first-order chi connectivity index (χ1) is 9.11. The van der Waals surface area contributed by atoms with Gasteiger partial charge >= 0.3 is 5.97 Å². The van der Waals surface area contributed by atoms with E-state index in [1.165, 1.54) is 13.3 Å². The molecular weight excluding hydrogens is 246 g/mol. The van der Waals surface area contributed by atoms with Gasteiger partial charge in [-0.3, -0.25) is 0 Å². The van der Waals surface area contributed by atoms with Crippen LogP contribution in [0.1, 0.15) is 16.2 Å². The summed E-state index contributed by atoms with van der Waals surface area (Å²) in [5.41, 5.74) is 7.22. The van der Waals surface area contributed by atoms with Crippen molar-refractivity contribution in [1.29, 1.82) is 0 Å². The number of carbonyl (C=O) groups is 1. The van der Waals surface area contributed by atoms with Crippen LogP contribution < -0.4 is 10.5 Å². The fourth-order valence-corrected chi connectivity index (χ4v) is 1.44. The van der Waals surface area contributed by atoms with Crippen molar-refractivity contribution in [3.63, 3.8) is 0 Å². The highest BCUT2D eigenvalue weighted by Gasteiger charge is 2.11. The van der Waals surface area contributed by atoms with E-state index < -0.39 is 5.97 Å². The summed E-state index contributed by atoms with van der Waals surface area (Å²) in [4.78, 5) is 19.1. The van der Waals surface area contributed by atoms with Gasteiger partial charge in [0.1, 0.15) is 5.75 Å². The van der Waals surface area contributed by atoms with Gasteiger partial charge in [-0.15, -0.1) is 0 Å². The van der Waals surface area contributed by atoms with E-state index in [2.05, 4.69) is 14.7 Å². The van der Waals surface area contributed by atoms with E-state index >= 15 is 0 Å². The molecule has 0 radical (unpaired) electrons. The number of methoxy groups -OCH3 is 1. The second kappa shape index (κ2) is 5.34. The molecule has 0 aliphatic rings. The molecule has 2 rings (SSSR count). The van der Waals surface area contributed by atoms with Crippen LogP contribution in [-0.4, -0.2) is 23.0 Å². The van der Waals surface area contributed by atoms with Crippen molar-refractivity contribution in [1.82, 2.24) is 9.97 Å². The highest BCUT2D eigenvalue weighted by atomic mass is 16.5. The molecule has 0 spiro atoms. The molecule has 0 saturated heterocycles. The van der Waals surface area contributed by atoms with Crippen LogP contribution in [-0.2, 0) is 4.74 Å². The molecule has 1 aromatic carbocycles.